The summed E-state index contributed by atoms with van der Waals surface area (Å²) in [5, 5.41) is 0. The van der Waals surface area contributed by atoms with Crippen LogP contribution < -0.4 is 0 Å². The molecule has 0 radical (unpaired) electrons. The summed E-state index contributed by atoms with van der Waals surface area (Å²) in [5.41, 5.74) is 0. The van der Waals surface area contributed by atoms with Crippen LogP contribution in [0.2, 0.25) is 0 Å². The summed E-state index contributed by atoms with van der Waals surface area (Å²) in [6.45, 7) is 2.09. The first-order chi connectivity index (χ1) is 7.67. The molecule has 0 aromatic carbocycles. The molecule has 1 heterocycles. The third-order valence-corrected chi connectivity index (χ3v) is 2.71. The first-order valence-corrected chi connectivity index (χ1v) is 5.52. The summed E-state index contributed by atoms with van der Waals surface area (Å²) in [5.74, 6) is -0.767. The number of hydrogen-bond acceptors (Lipinski definition) is 5. The summed E-state index contributed by atoms with van der Waals surface area (Å²) >= 11 is 1.26. The van der Waals surface area contributed by atoms with Gasteiger partial charge in [0.2, 0.25) is 0 Å². The Balaban J connectivity index is 2.65. The second kappa shape index (κ2) is 6.07. The highest BCUT2D eigenvalue weighted by Gasteiger charge is 2.07. The van der Waals surface area contributed by atoms with Crippen LogP contribution >= 0.6 is 11.3 Å². The molecule has 0 spiro atoms. The quantitative estimate of drug-likeness (QED) is 0.597. The summed E-state index contributed by atoms with van der Waals surface area (Å²) in [6.07, 6.45) is 2.94. The van der Waals surface area contributed by atoms with Gasteiger partial charge in [-0.3, -0.25) is 0 Å². The van der Waals surface area contributed by atoms with Crippen LogP contribution in [0.15, 0.2) is 18.2 Å². The SMILES string of the molecule is CCOC(=O)C=Cc1ccc(C(=O)OC)s1. The number of hydrogen-bond donors (Lipinski definition) is 0. The van der Waals surface area contributed by atoms with Gasteiger partial charge in [-0.05, 0) is 25.1 Å². The Morgan fingerprint density at radius 3 is 2.81 bits per heavy atom. The van der Waals surface area contributed by atoms with Crippen molar-refractivity contribution in [3.8, 4) is 0 Å². The number of thiophene rings is 1. The monoisotopic (exact) mass is 240 g/mol. The van der Waals surface area contributed by atoms with Crippen molar-refractivity contribution in [1.82, 2.24) is 0 Å². The van der Waals surface area contributed by atoms with Crippen LogP contribution in [0.5, 0.6) is 0 Å². The smallest absolute Gasteiger partial charge is 0.348 e. The van der Waals surface area contributed by atoms with Crippen molar-refractivity contribution in [3.05, 3.63) is 28.0 Å². The molecule has 0 amide bonds. The summed E-state index contributed by atoms with van der Waals surface area (Å²) < 4.78 is 9.30. The molecule has 5 heteroatoms. The Hall–Kier alpha value is -1.62. The van der Waals surface area contributed by atoms with Gasteiger partial charge in [-0.15, -0.1) is 11.3 Å². The van der Waals surface area contributed by atoms with E-state index in [2.05, 4.69) is 4.74 Å². The van der Waals surface area contributed by atoms with E-state index in [1.807, 2.05) is 0 Å². The molecule has 1 aromatic heterocycles. The van der Waals surface area contributed by atoms with Crippen LogP contribution in [-0.4, -0.2) is 25.7 Å². The normalized spacial score (nSPS) is 10.4. The van der Waals surface area contributed by atoms with Gasteiger partial charge < -0.3 is 9.47 Å². The van der Waals surface area contributed by atoms with Crippen LogP contribution in [-0.2, 0) is 14.3 Å². The van der Waals surface area contributed by atoms with Crippen molar-refractivity contribution in [2.75, 3.05) is 13.7 Å². The van der Waals surface area contributed by atoms with Gasteiger partial charge in [0.15, 0.2) is 0 Å². The lowest BCUT2D eigenvalue weighted by Crippen LogP contribution is -1.98. The maximum absolute atomic E-state index is 11.1. The predicted molar refractivity (Wildman–Crippen MR) is 61.3 cm³/mol. The molecule has 1 aromatic rings. The zero-order valence-electron chi connectivity index (χ0n) is 9.06. The van der Waals surface area contributed by atoms with E-state index in [0.29, 0.717) is 11.5 Å². The van der Waals surface area contributed by atoms with Crippen LogP contribution in [0, 0.1) is 0 Å². The van der Waals surface area contributed by atoms with Gasteiger partial charge in [-0.1, -0.05) is 0 Å². The molecule has 0 N–H and O–H groups in total. The summed E-state index contributed by atoms with van der Waals surface area (Å²) in [4.78, 5) is 23.5. The number of esters is 2. The van der Waals surface area contributed by atoms with Gasteiger partial charge >= 0.3 is 11.9 Å². The topological polar surface area (TPSA) is 52.6 Å². The molecule has 0 fully saturated rings. The number of rotatable bonds is 4. The average Bonchev–Trinajstić information content (AvgIpc) is 2.74. The van der Waals surface area contributed by atoms with E-state index in [1.165, 1.54) is 24.5 Å². The fraction of sp³-hybridized carbons (Fsp3) is 0.273. The van der Waals surface area contributed by atoms with Crippen LogP contribution in [0.1, 0.15) is 21.5 Å². The average molecular weight is 240 g/mol. The standard InChI is InChI=1S/C11H12O4S/c1-3-15-10(12)7-5-8-4-6-9(16-8)11(13)14-2/h4-7H,3H2,1-2H3. The Kier molecular flexibility index (Phi) is 4.72. The van der Waals surface area contributed by atoms with Gasteiger partial charge in [0, 0.05) is 11.0 Å². The van der Waals surface area contributed by atoms with Crippen molar-refractivity contribution in [2.24, 2.45) is 0 Å². The molecule has 0 saturated heterocycles. The van der Waals surface area contributed by atoms with E-state index in [0.717, 1.165) is 4.88 Å². The fourth-order valence-electron chi connectivity index (χ4n) is 0.993. The van der Waals surface area contributed by atoms with E-state index in [4.69, 9.17) is 4.74 Å². The van der Waals surface area contributed by atoms with Gasteiger partial charge in [-0.25, -0.2) is 9.59 Å². The van der Waals surface area contributed by atoms with Crippen molar-refractivity contribution in [3.63, 3.8) is 0 Å². The molecule has 0 aliphatic heterocycles. The lowest BCUT2D eigenvalue weighted by atomic mass is 10.4. The summed E-state index contributed by atoms with van der Waals surface area (Å²) in [7, 11) is 1.33. The summed E-state index contributed by atoms with van der Waals surface area (Å²) in [6, 6.07) is 3.40. The van der Waals surface area contributed by atoms with Gasteiger partial charge in [-0.2, -0.15) is 0 Å². The molecule has 0 aliphatic carbocycles. The minimum atomic E-state index is -0.393. The van der Waals surface area contributed by atoms with Crippen LogP contribution in [0.4, 0.5) is 0 Å². The third-order valence-electron chi connectivity index (χ3n) is 1.68. The molecule has 0 unspecified atom stereocenters. The second-order valence-corrected chi connectivity index (χ2v) is 3.89. The maximum atomic E-state index is 11.1. The van der Waals surface area contributed by atoms with E-state index in [-0.39, 0.29) is 5.97 Å². The van der Waals surface area contributed by atoms with E-state index in [1.54, 1.807) is 25.1 Å². The highest BCUT2D eigenvalue weighted by Crippen LogP contribution is 2.18. The molecule has 0 saturated carbocycles. The molecule has 86 valence electrons. The largest absolute Gasteiger partial charge is 0.465 e. The molecule has 16 heavy (non-hydrogen) atoms. The minimum absolute atomic E-state index is 0.348. The molecule has 0 atom stereocenters. The Bertz CT molecular complexity index is 406. The molecule has 1 rings (SSSR count). The first kappa shape index (κ1) is 12.4. The minimum Gasteiger partial charge on any atom is -0.465 e. The number of methoxy groups -OCH3 is 1. The molecular weight excluding hydrogens is 228 g/mol. The number of carbonyl (C=O) groups is 2. The van der Waals surface area contributed by atoms with Crippen molar-refractivity contribution in [2.45, 2.75) is 6.92 Å². The predicted octanol–water partition coefficient (Wildman–Crippen LogP) is 2.11. The number of ether oxygens (including phenoxy) is 2. The third kappa shape index (κ3) is 3.51. The lowest BCUT2D eigenvalue weighted by Gasteiger charge is -1.93. The van der Waals surface area contributed by atoms with Gasteiger partial charge in [0.25, 0.3) is 0 Å². The van der Waals surface area contributed by atoms with Gasteiger partial charge in [0.05, 0.1) is 13.7 Å². The van der Waals surface area contributed by atoms with Crippen LogP contribution in [0.3, 0.4) is 0 Å². The Morgan fingerprint density at radius 1 is 1.44 bits per heavy atom. The molecular formula is C11H12O4S. The van der Waals surface area contributed by atoms with E-state index in [9.17, 15) is 9.59 Å². The van der Waals surface area contributed by atoms with Crippen molar-refractivity contribution < 1.29 is 19.1 Å². The lowest BCUT2D eigenvalue weighted by molar-refractivity contribution is -0.137. The Morgan fingerprint density at radius 2 is 2.19 bits per heavy atom. The van der Waals surface area contributed by atoms with Crippen molar-refractivity contribution >= 4 is 29.4 Å². The molecule has 4 nitrogen and oxygen atoms in total. The fourth-order valence-corrected chi connectivity index (χ4v) is 1.82. The second-order valence-electron chi connectivity index (χ2n) is 2.78. The van der Waals surface area contributed by atoms with Crippen LogP contribution in [0.25, 0.3) is 6.08 Å². The zero-order chi connectivity index (χ0) is 12.0. The molecule has 0 aliphatic rings. The Labute approximate surface area is 97.5 Å². The zero-order valence-corrected chi connectivity index (χ0v) is 9.87. The van der Waals surface area contributed by atoms with E-state index >= 15 is 0 Å². The van der Waals surface area contributed by atoms with Gasteiger partial charge in [0.1, 0.15) is 4.88 Å². The van der Waals surface area contributed by atoms with Crippen molar-refractivity contribution in [1.29, 1.82) is 0 Å². The first-order valence-electron chi connectivity index (χ1n) is 4.70. The molecule has 0 bridgehead atoms. The highest BCUT2D eigenvalue weighted by atomic mass is 32.1. The number of carbonyl (C=O) groups excluding carboxylic acids is 2. The maximum Gasteiger partial charge on any atom is 0.348 e. The van der Waals surface area contributed by atoms with E-state index < -0.39 is 5.97 Å². The highest BCUT2D eigenvalue weighted by molar-refractivity contribution is 7.14.